The lowest BCUT2D eigenvalue weighted by Gasteiger charge is -2.22. The third-order valence-corrected chi connectivity index (χ3v) is 4.93. The highest BCUT2D eigenvalue weighted by atomic mass is 35.5. The number of nitro benzene ring substituents is 1. The molecule has 0 aromatic heterocycles. The molecule has 0 heterocycles. The van der Waals surface area contributed by atoms with Crippen LogP contribution in [-0.2, 0) is 9.59 Å². The Hall–Kier alpha value is -3.66. The van der Waals surface area contributed by atoms with Crippen LogP contribution in [-0.4, -0.2) is 54.3 Å². The van der Waals surface area contributed by atoms with Gasteiger partial charge >= 0.3 is 0 Å². The van der Waals surface area contributed by atoms with E-state index in [1.165, 1.54) is 24.1 Å². The van der Waals surface area contributed by atoms with E-state index in [0.717, 1.165) is 12.5 Å². The average Bonchev–Trinajstić information content (AvgIpc) is 2.80. The Morgan fingerprint density at radius 1 is 1.12 bits per heavy atom. The van der Waals surface area contributed by atoms with E-state index in [0.29, 0.717) is 17.9 Å². The van der Waals surface area contributed by atoms with Crippen molar-refractivity contribution in [2.75, 3.05) is 32.1 Å². The van der Waals surface area contributed by atoms with E-state index in [4.69, 9.17) is 16.3 Å². The largest absolute Gasteiger partial charge is 0.497 e. The van der Waals surface area contributed by atoms with Crippen LogP contribution < -0.4 is 15.4 Å². The van der Waals surface area contributed by atoms with Crippen molar-refractivity contribution in [3.8, 4) is 5.75 Å². The number of ether oxygens (including phenoxy) is 1. The van der Waals surface area contributed by atoms with Gasteiger partial charge in [0.05, 0.1) is 35.7 Å². The standard InChI is InChI=1S/C22H25ClN4O6/c1-3-4-11-26(22(30)18-10-7-16(27(31)32)12-19(18)23)14-21(29)24-13-20(28)25-15-5-8-17(33-2)9-6-15/h5-10,12H,3-4,11,13-14H2,1-2H3,(H,24,29)(H,25,28). The predicted octanol–water partition coefficient (Wildman–Crippen LogP) is 3.25. The molecule has 0 unspecified atom stereocenters. The first-order valence-electron chi connectivity index (χ1n) is 10.2. The number of non-ortho nitro benzene ring substituents is 1. The molecule has 0 aliphatic heterocycles. The number of carbonyl (C=O) groups excluding carboxylic acids is 3. The number of carbonyl (C=O) groups is 3. The second kappa shape index (κ2) is 12.4. The predicted molar refractivity (Wildman–Crippen MR) is 124 cm³/mol. The van der Waals surface area contributed by atoms with Gasteiger partial charge in [0, 0.05) is 24.4 Å². The zero-order valence-corrected chi connectivity index (χ0v) is 19.1. The highest BCUT2D eigenvalue weighted by molar-refractivity contribution is 6.34. The third-order valence-electron chi connectivity index (χ3n) is 4.62. The number of methoxy groups -OCH3 is 1. The molecule has 0 radical (unpaired) electrons. The van der Waals surface area contributed by atoms with Gasteiger partial charge in [0.25, 0.3) is 11.6 Å². The van der Waals surface area contributed by atoms with E-state index in [9.17, 15) is 24.5 Å². The van der Waals surface area contributed by atoms with Gasteiger partial charge in [-0.05, 0) is 36.8 Å². The molecule has 0 bridgehead atoms. The number of benzene rings is 2. The second-order valence-corrected chi connectivity index (χ2v) is 7.46. The summed E-state index contributed by atoms with van der Waals surface area (Å²) in [4.78, 5) is 49.0. The molecule has 0 fully saturated rings. The first kappa shape index (κ1) is 25.6. The molecule has 0 aliphatic rings. The SMILES string of the molecule is CCCCN(CC(=O)NCC(=O)Nc1ccc(OC)cc1)C(=O)c1ccc([N+](=O)[O-])cc1Cl. The number of unbranched alkanes of at least 4 members (excludes halogenated alkanes) is 1. The van der Waals surface area contributed by atoms with Crippen LogP contribution in [0.25, 0.3) is 0 Å². The molecule has 0 spiro atoms. The monoisotopic (exact) mass is 476 g/mol. The zero-order chi connectivity index (χ0) is 24.4. The van der Waals surface area contributed by atoms with Crippen molar-refractivity contribution < 1.29 is 24.0 Å². The number of anilines is 1. The van der Waals surface area contributed by atoms with E-state index in [-0.39, 0.29) is 35.9 Å². The Morgan fingerprint density at radius 2 is 1.82 bits per heavy atom. The van der Waals surface area contributed by atoms with Crippen LogP contribution in [0.2, 0.25) is 5.02 Å². The summed E-state index contributed by atoms with van der Waals surface area (Å²) >= 11 is 6.07. The highest BCUT2D eigenvalue weighted by Crippen LogP contribution is 2.24. The Balaban J connectivity index is 1.97. The summed E-state index contributed by atoms with van der Waals surface area (Å²) in [6.45, 7) is 1.65. The second-order valence-electron chi connectivity index (χ2n) is 7.05. The van der Waals surface area contributed by atoms with Gasteiger partial charge in [-0.25, -0.2) is 0 Å². The molecule has 2 aromatic rings. The molecule has 3 amide bonds. The third kappa shape index (κ3) is 7.76. The molecule has 0 aliphatic carbocycles. The minimum absolute atomic E-state index is 0.0587. The minimum Gasteiger partial charge on any atom is -0.497 e. The van der Waals surface area contributed by atoms with Crippen molar-refractivity contribution >= 4 is 40.7 Å². The van der Waals surface area contributed by atoms with Gasteiger partial charge < -0.3 is 20.3 Å². The molecule has 176 valence electrons. The highest BCUT2D eigenvalue weighted by Gasteiger charge is 2.22. The fourth-order valence-corrected chi connectivity index (χ4v) is 3.11. The van der Waals surface area contributed by atoms with Crippen LogP contribution in [0.15, 0.2) is 42.5 Å². The van der Waals surface area contributed by atoms with Crippen molar-refractivity contribution in [1.29, 1.82) is 0 Å². The number of nitro groups is 1. The number of amides is 3. The van der Waals surface area contributed by atoms with Crippen molar-refractivity contribution in [3.63, 3.8) is 0 Å². The summed E-state index contributed by atoms with van der Waals surface area (Å²) in [7, 11) is 1.53. The van der Waals surface area contributed by atoms with E-state index in [1.807, 2.05) is 6.92 Å². The van der Waals surface area contributed by atoms with Gasteiger partial charge in [-0.2, -0.15) is 0 Å². The van der Waals surface area contributed by atoms with Gasteiger partial charge in [-0.15, -0.1) is 0 Å². The van der Waals surface area contributed by atoms with Crippen LogP contribution in [0.1, 0.15) is 30.1 Å². The summed E-state index contributed by atoms with van der Waals surface area (Å²) in [6.07, 6.45) is 1.42. The van der Waals surface area contributed by atoms with Gasteiger partial charge in [-0.3, -0.25) is 24.5 Å². The van der Waals surface area contributed by atoms with Crippen molar-refractivity contribution in [2.45, 2.75) is 19.8 Å². The number of rotatable bonds is 11. The van der Waals surface area contributed by atoms with Crippen molar-refractivity contribution in [1.82, 2.24) is 10.2 Å². The average molecular weight is 477 g/mol. The van der Waals surface area contributed by atoms with Crippen LogP contribution in [0.3, 0.4) is 0 Å². The summed E-state index contributed by atoms with van der Waals surface area (Å²) in [5, 5.41) is 15.9. The molecular weight excluding hydrogens is 452 g/mol. The van der Waals surface area contributed by atoms with Crippen LogP contribution in [0, 0.1) is 10.1 Å². The first-order valence-corrected chi connectivity index (χ1v) is 10.6. The fraction of sp³-hybridized carbons (Fsp3) is 0.318. The summed E-state index contributed by atoms with van der Waals surface area (Å²) in [5.41, 5.74) is 0.364. The molecule has 2 aromatic carbocycles. The fourth-order valence-electron chi connectivity index (χ4n) is 2.85. The lowest BCUT2D eigenvalue weighted by molar-refractivity contribution is -0.384. The van der Waals surface area contributed by atoms with E-state index >= 15 is 0 Å². The molecule has 0 saturated heterocycles. The molecule has 2 rings (SSSR count). The number of nitrogens with zero attached hydrogens (tertiary/aromatic N) is 2. The van der Waals surface area contributed by atoms with E-state index < -0.39 is 22.6 Å². The Kier molecular flexibility index (Phi) is 9.62. The number of hydrogen-bond donors (Lipinski definition) is 2. The first-order chi connectivity index (χ1) is 15.7. The van der Waals surface area contributed by atoms with Gasteiger partial charge in [0.1, 0.15) is 5.75 Å². The maximum atomic E-state index is 12.9. The van der Waals surface area contributed by atoms with Crippen molar-refractivity contribution in [2.24, 2.45) is 0 Å². The summed E-state index contributed by atoms with van der Waals surface area (Å²) in [5.74, 6) is -0.840. The van der Waals surface area contributed by atoms with Crippen LogP contribution in [0.5, 0.6) is 5.75 Å². The molecule has 2 N–H and O–H groups in total. The normalized spacial score (nSPS) is 10.3. The van der Waals surface area contributed by atoms with E-state index in [2.05, 4.69) is 10.6 Å². The quantitative estimate of drug-likeness (QED) is 0.378. The Morgan fingerprint density at radius 3 is 2.39 bits per heavy atom. The number of nitrogens with one attached hydrogen (secondary N) is 2. The summed E-state index contributed by atoms with van der Waals surface area (Å²) in [6, 6.07) is 10.2. The lowest BCUT2D eigenvalue weighted by atomic mass is 10.1. The maximum absolute atomic E-state index is 12.9. The maximum Gasteiger partial charge on any atom is 0.270 e. The lowest BCUT2D eigenvalue weighted by Crippen LogP contribution is -2.43. The molecule has 10 nitrogen and oxygen atoms in total. The number of halogens is 1. The number of hydrogen-bond acceptors (Lipinski definition) is 6. The Bertz CT molecular complexity index is 1010. The van der Waals surface area contributed by atoms with Crippen LogP contribution in [0.4, 0.5) is 11.4 Å². The molecule has 0 saturated carbocycles. The molecule has 33 heavy (non-hydrogen) atoms. The van der Waals surface area contributed by atoms with E-state index in [1.54, 1.807) is 24.3 Å². The van der Waals surface area contributed by atoms with Gasteiger partial charge in [0.15, 0.2) is 0 Å². The smallest absolute Gasteiger partial charge is 0.270 e. The van der Waals surface area contributed by atoms with Crippen LogP contribution >= 0.6 is 11.6 Å². The Labute approximate surface area is 196 Å². The van der Waals surface area contributed by atoms with Gasteiger partial charge in [-0.1, -0.05) is 24.9 Å². The minimum atomic E-state index is -0.612. The molecule has 0 atom stereocenters. The molecule has 11 heteroatoms. The molecular formula is C22H25ClN4O6. The van der Waals surface area contributed by atoms with Gasteiger partial charge in [0.2, 0.25) is 11.8 Å². The van der Waals surface area contributed by atoms with Crippen molar-refractivity contribution in [3.05, 3.63) is 63.2 Å². The topological polar surface area (TPSA) is 131 Å². The summed E-state index contributed by atoms with van der Waals surface area (Å²) < 4.78 is 5.05. The zero-order valence-electron chi connectivity index (χ0n) is 18.3.